The monoisotopic (exact) mass is 533 g/mol. The Kier molecular flexibility index (Phi) is 8.17. The van der Waals surface area contributed by atoms with Crippen LogP contribution in [0.25, 0.3) is 10.1 Å². The lowest BCUT2D eigenvalue weighted by Gasteiger charge is -2.46. The maximum absolute atomic E-state index is 7.11. The minimum absolute atomic E-state index is 0.165. The van der Waals surface area contributed by atoms with E-state index in [-0.39, 0.29) is 6.10 Å². The van der Waals surface area contributed by atoms with Crippen molar-refractivity contribution in [2.24, 2.45) is 0 Å². The fourth-order valence-electron chi connectivity index (χ4n) is 5.61. The second-order valence-electron chi connectivity index (χ2n) is 10.3. The molecule has 1 fully saturated rings. The van der Waals surface area contributed by atoms with Crippen LogP contribution < -0.4 is 0 Å². The lowest BCUT2D eigenvalue weighted by atomic mass is 9.79. The van der Waals surface area contributed by atoms with E-state index in [2.05, 4.69) is 126 Å². The van der Waals surface area contributed by atoms with Crippen molar-refractivity contribution in [2.45, 2.75) is 24.5 Å². The summed E-state index contributed by atoms with van der Waals surface area (Å²) in [6, 6.07) is 40.9. The molecule has 0 spiro atoms. The number of ether oxygens (including phenoxy) is 2. The molecule has 0 unspecified atom stereocenters. The van der Waals surface area contributed by atoms with Crippen LogP contribution >= 0.6 is 11.3 Å². The first kappa shape index (κ1) is 26.0. The zero-order valence-electron chi connectivity index (χ0n) is 22.2. The first-order valence-electron chi connectivity index (χ1n) is 13.9. The number of fused-ring (bicyclic) bond motifs is 1. The summed E-state index contributed by atoms with van der Waals surface area (Å²) in [4.78, 5) is 2.48. The van der Waals surface area contributed by atoms with Gasteiger partial charge in [-0.3, -0.25) is 4.90 Å². The minimum atomic E-state index is -0.643. The van der Waals surface area contributed by atoms with E-state index in [1.807, 2.05) is 0 Å². The molecule has 5 aromatic rings. The molecule has 1 aliphatic heterocycles. The molecule has 0 bridgehead atoms. The average molecular weight is 534 g/mol. The molecule has 0 aliphatic carbocycles. The zero-order valence-corrected chi connectivity index (χ0v) is 23.1. The maximum atomic E-state index is 7.11. The number of likely N-dealkylation sites (tertiary alicyclic amines) is 1. The van der Waals surface area contributed by atoms with Crippen LogP contribution in [0, 0.1) is 0 Å². The molecule has 0 radical (unpaired) electrons. The maximum Gasteiger partial charge on any atom is 0.144 e. The van der Waals surface area contributed by atoms with Gasteiger partial charge in [-0.25, -0.2) is 0 Å². The smallest absolute Gasteiger partial charge is 0.144 e. The fourth-order valence-corrected chi connectivity index (χ4v) is 6.38. The molecule has 2 heterocycles. The van der Waals surface area contributed by atoms with Crippen LogP contribution in [0.2, 0.25) is 0 Å². The Labute approximate surface area is 235 Å². The van der Waals surface area contributed by atoms with Crippen LogP contribution in [0.15, 0.2) is 121 Å². The summed E-state index contributed by atoms with van der Waals surface area (Å²) in [6.07, 6.45) is 2.17. The second kappa shape index (κ2) is 12.3. The van der Waals surface area contributed by atoms with Crippen molar-refractivity contribution in [3.05, 3.63) is 143 Å². The van der Waals surface area contributed by atoms with E-state index in [0.29, 0.717) is 0 Å². The Morgan fingerprint density at radius 2 is 1.33 bits per heavy atom. The predicted molar refractivity (Wildman–Crippen MR) is 161 cm³/mol. The minimum Gasteiger partial charge on any atom is -0.381 e. The molecule has 1 saturated heterocycles. The predicted octanol–water partition coefficient (Wildman–Crippen LogP) is 7.54. The standard InChI is InChI=1S/C35H35NO2S/c1-4-11-30(12-5-1)35(31-13-6-2-7-14-31,32-15-8-3-9-16-32)38-33-26-36(27-33)21-10-22-37-23-19-28-17-18-34-29(25-28)20-24-39-34/h1-9,11-18,20,24-25,33H,10,19,21-23,26-27H2. The quantitative estimate of drug-likeness (QED) is 0.122. The molecule has 0 saturated carbocycles. The second-order valence-corrected chi connectivity index (χ2v) is 11.2. The molecule has 1 aromatic heterocycles. The van der Waals surface area contributed by atoms with Gasteiger partial charge >= 0.3 is 0 Å². The van der Waals surface area contributed by atoms with Crippen molar-refractivity contribution < 1.29 is 9.47 Å². The molecule has 39 heavy (non-hydrogen) atoms. The number of thiophene rings is 1. The van der Waals surface area contributed by atoms with Crippen molar-refractivity contribution in [1.82, 2.24) is 4.90 Å². The summed E-state index contributed by atoms with van der Waals surface area (Å²) in [5, 5.41) is 3.49. The van der Waals surface area contributed by atoms with Gasteiger partial charge in [0.15, 0.2) is 0 Å². The van der Waals surface area contributed by atoms with Gasteiger partial charge < -0.3 is 9.47 Å². The van der Waals surface area contributed by atoms with Gasteiger partial charge in [-0.1, -0.05) is 103 Å². The van der Waals surface area contributed by atoms with E-state index in [1.165, 1.54) is 15.6 Å². The number of rotatable bonds is 12. The SMILES string of the molecule is c1ccc(C(OC2CN(CCCOCCc3ccc4sccc4c3)C2)(c2ccccc2)c2ccccc2)cc1. The van der Waals surface area contributed by atoms with E-state index in [9.17, 15) is 0 Å². The average Bonchev–Trinajstić information content (AvgIpc) is 3.45. The summed E-state index contributed by atoms with van der Waals surface area (Å²) >= 11 is 1.80. The first-order chi connectivity index (χ1) is 19.3. The zero-order chi connectivity index (χ0) is 26.3. The number of hydrogen-bond acceptors (Lipinski definition) is 4. The molecule has 3 nitrogen and oxygen atoms in total. The molecule has 0 amide bonds. The van der Waals surface area contributed by atoms with Gasteiger partial charge in [-0.05, 0) is 58.0 Å². The van der Waals surface area contributed by atoms with Gasteiger partial charge in [0.1, 0.15) is 5.60 Å². The van der Waals surface area contributed by atoms with E-state index in [1.54, 1.807) is 11.3 Å². The van der Waals surface area contributed by atoms with Gasteiger partial charge in [-0.15, -0.1) is 11.3 Å². The van der Waals surface area contributed by atoms with Crippen LogP contribution in [0.4, 0.5) is 0 Å². The van der Waals surface area contributed by atoms with Crippen LogP contribution in [0.3, 0.4) is 0 Å². The summed E-state index contributed by atoms with van der Waals surface area (Å²) in [6.45, 7) is 4.49. The van der Waals surface area contributed by atoms with Crippen LogP contribution in [0.5, 0.6) is 0 Å². The van der Waals surface area contributed by atoms with Gasteiger partial charge in [0.05, 0.1) is 12.7 Å². The number of hydrogen-bond donors (Lipinski definition) is 0. The lowest BCUT2D eigenvalue weighted by molar-refractivity contribution is -0.117. The molecule has 0 N–H and O–H groups in total. The van der Waals surface area contributed by atoms with E-state index >= 15 is 0 Å². The third kappa shape index (κ3) is 5.85. The van der Waals surface area contributed by atoms with Crippen molar-refractivity contribution in [1.29, 1.82) is 0 Å². The molecule has 4 aromatic carbocycles. The number of nitrogens with zero attached hydrogens (tertiary/aromatic N) is 1. The highest BCUT2D eigenvalue weighted by atomic mass is 32.1. The topological polar surface area (TPSA) is 21.7 Å². The largest absolute Gasteiger partial charge is 0.381 e. The third-order valence-corrected chi connectivity index (χ3v) is 8.52. The molecule has 0 atom stereocenters. The van der Waals surface area contributed by atoms with Gasteiger partial charge in [0, 0.05) is 30.9 Å². The Morgan fingerprint density at radius 1 is 0.718 bits per heavy atom. The fraction of sp³-hybridized carbons (Fsp3) is 0.257. The van der Waals surface area contributed by atoms with E-state index in [0.717, 1.165) is 62.4 Å². The van der Waals surface area contributed by atoms with Crippen LogP contribution in [-0.2, 0) is 21.5 Å². The van der Waals surface area contributed by atoms with Gasteiger partial charge in [-0.2, -0.15) is 0 Å². The summed E-state index contributed by atoms with van der Waals surface area (Å²) in [7, 11) is 0. The molecule has 198 valence electrons. The summed E-state index contributed by atoms with van der Waals surface area (Å²) < 4.78 is 14.4. The number of benzene rings is 4. The van der Waals surface area contributed by atoms with Gasteiger partial charge in [0.2, 0.25) is 0 Å². The lowest BCUT2D eigenvalue weighted by Crippen LogP contribution is -2.55. The molecular weight excluding hydrogens is 498 g/mol. The summed E-state index contributed by atoms with van der Waals surface area (Å²) in [5.74, 6) is 0. The molecular formula is C35H35NO2S. The highest BCUT2D eigenvalue weighted by Crippen LogP contribution is 2.42. The van der Waals surface area contributed by atoms with E-state index < -0.39 is 5.60 Å². The highest BCUT2D eigenvalue weighted by Gasteiger charge is 2.42. The Balaban J connectivity index is 1.04. The van der Waals surface area contributed by atoms with Crippen molar-refractivity contribution in [3.63, 3.8) is 0 Å². The Morgan fingerprint density at radius 3 is 1.95 bits per heavy atom. The molecule has 4 heteroatoms. The molecule has 1 aliphatic rings. The van der Waals surface area contributed by atoms with Crippen LogP contribution in [-0.4, -0.2) is 43.9 Å². The van der Waals surface area contributed by atoms with Crippen molar-refractivity contribution >= 4 is 21.4 Å². The van der Waals surface area contributed by atoms with Crippen LogP contribution in [0.1, 0.15) is 28.7 Å². The third-order valence-electron chi connectivity index (χ3n) is 7.62. The highest BCUT2D eigenvalue weighted by molar-refractivity contribution is 7.17. The Bertz CT molecular complexity index is 1350. The van der Waals surface area contributed by atoms with Crippen molar-refractivity contribution in [2.75, 3.05) is 32.8 Å². The molecule has 6 rings (SSSR count). The van der Waals surface area contributed by atoms with E-state index in [4.69, 9.17) is 9.47 Å². The van der Waals surface area contributed by atoms with Gasteiger partial charge in [0.25, 0.3) is 0 Å². The first-order valence-corrected chi connectivity index (χ1v) is 14.8. The van der Waals surface area contributed by atoms with Crippen molar-refractivity contribution in [3.8, 4) is 0 Å². The normalized spacial score (nSPS) is 14.5. The Hall–Kier alpha value is -3.28. The summed E-state index contributed by atoms with van der Waals surface area (Å²) in [5.41, 5.74) is 4.19.